The second-order valence-corrected chi connectivity index (χ2v) is 4.59. The first-order valence-electron chi connectivity index (χ1n) is 6.81. The van der Waals surface area contributed by atoms with E-state index in [1.807, 2.05) is 0 Å². The molecule has 2 aromatic rings. The molecule has 9 nitrogen and oxygen atoms in total. The lowest BCUT2D eigenvalue weighted by atomic mass is 10.2. The van der Waals surface area contributed by atoms with E-state index >= 15 is 0 Å². The fourth-order valence-electron chi connectivity index (χ4n) is 1.66. The van der Waals surface area contributed by atoms with Crippen LogP contribution in [0.15, 0.2) is 53.9 Å². The van der Waals surface area contributed by atoms with Crippen LogP contribution in [0.25, 0.3) is 0 Å². The van der Waals surface area contributed by atoms with Gasteiger partial charge >= 0.3 is 11.8 Å². The Bertz CT molecular complexity index is 759. The molecule has 122 valence electrons. The normalized spacial score (nSPS) is 10.3. The van der Waals surface area contributed by atoms with Crippen LogP contribution in [-0.4, -0.2) is 27.9 Å². The molecule has 0 aliphatic rings. The number of nitrogens with zero attached hydrogens (tertiary/aromatic N) is 3. The van der Waals surface area contributed by atoms with Crippen molar-refractivity contribution in [3.63, 3.8) is 0 Å². The minimum Gasteiger partial charge on any atom is -0.344 e. The molecule has 2 N–H and O–H groups in total. The van der Waals surface area contributed by atoms with E-state index in [1.165, 1.54) is 30.5 Å². The standard InChI is InChI=1S/C15H13N5O4/c21-14(17-9-12-5-7-16-8-6-12)15(22)19-18-10-11-1-3-13(4-2-11)20(23)24/h1-8,10H,9H2,(H,17,21)(H,19,22)/b18-10+. The Balaban J connectivity index is 1.81. The van der Waals surface area contributed by atoms with Crippen molar-refractivity contribution in [1.82, 2.24) is 15.7 Å². The summed E-state index contributed by atoms with van der Waals surface area (Å²) in [6, 6.07) is 8.99. The fourth-order valence-corrected chi connectivity index (χ4v) is 1.66. The molecule has 0 bridgehead atoms. The summed E-state index contributed by atoms with van der Waals surface area (Å²) in [5, 5.41) is 16.6. The van der Waals surface area contributed by atoms with Crippen molar-refractivity contribution in [3.8, 4) is 0 Å². The van der Waals surface area contributed by atoms with Crippen LogP contribution in [0, 0.1) is 10.1 Å². The van der Waals surface area contributed by atoms with Crippen LogP contribution in [0.3, 0.4) is 0 Å². The van der Waals surface area contributed by atoms with Gasteiger partial charge in [0.05, 0.1) is 11.1 Å². The predicted molar refractivity (Wildman–Crippen MR) is 84.9 cm³/mol. The number of carbonyl (C=O) groups excluding carboxylic acids is 2. The molecule has 24 heavy (non-hydrogen) atoms. The number of carbonyl (C=O) groups is 2. The molecule has 0 saturated carbocycles. The highest BCUT2D eigenvalue weighted by atomic mass is 16.6. The zero-order valence-electron chi connectivity index (χ0n) is 12.4. The Kier molecular flexibility index (Phi) is 5.67. The third kappa shape index (κ3) is 4.98. The molecule has 0 atom stereocenters. The third-order valence-corrected chi connectivity index (χ3v) is 2.89. The Hall–Kier alpha value is -3.62. The van der Waals surface area contributed by atoms with E-state index in [2.05, 4.69) is 20.8 Å². The molecule has 0 saturated heterocycles. The lowest BCUT2D eigenvalue weighted by Gasteiger charge is -2.03. The second-order valence-electron chi connectivity index (χ2n) is 4.59. The number of nitrogens with one attached hydrogen (secondary N) is 2. The van der Waals surface area contributed by atoms with Gasteiger partial charge in [0.2, 0.25) is 0 Å². The van der Waals surface area contributed by atoms with Crippen molar-refractivity contribution in [3.05, 3.63) is 70.0 Å². The fraction of sp³-hybridized carbons (Fsp3) is 0.0667. The molecule has 1 heterocycles. The number of pyridine rings is 1. The van der Waals surface area contributed by atoms with E-state index in [4.69, 9.17) is 0 Å². The van der Waals surface area contributed by atoms with Gasteiger partial charge in [-0.25, -0.2) is 5.43 Å². The van der Waals surface area contributed by atoms with Crippen LogP contribution >= 0.6 is 0 Å². The van der Waals surface area contributed by atoms with Gasteiger partial charge in [-0.2, -0.15) is 5.10 Å². The summed E-state index contributed by atoms with van der Waals surface area (Å²) in [7, 11) is 0. The van der Waals surface area contributed by atoms with Gasteiger partial charge in [-0.05, 0) is 35.4 Å². The molecule has 2 amide bonds. The van der Waals surface area contributed by atoms with Crippen molar-refractivity contribution in [2.24, 2.45) is 5.10 Å². The molecule has 0 aliphatic carbocycles. The number of hydrogen-bond donors (Lipinski definition) is 2. The van der Waals surface area contributed by atoms with Crippen LogP contribution in [0.2, 0.25) is 0 Å². The number of nitro benzene ring substituents is 1. The summed E-state index contributed by atoms with van der Waals surface area (Å²) >= 11 is 0. The lowest BCUT2D eigenvalue weighted by Crippen LogP contribution is -2.37. The largest absolute Gasteiger partial charge is 0.344 e. The highest BCUT2D eigenvalue weighted by Gasteiger charge is 2.11. The molecular formula is C15H13N5O4. The summed E-state index contributed by atoms with van der Waals surface area (Å²) < 4.78 is 0. The maximum absolute atomic E-state index is 11.6. The maximum atomic E-state index is 11.6. The Labute approximate surface area is 136 Å². The number of aromatic nitrogens is 1. The van der Waals surface area contributed by atoms with Gasteiger partial charge in [-0.3, -0.25) is 24.7 Å². The molecule has 1 aromatic carbocycles. The zero-order valence-corrected chi connectivity index (χ0v) is 12.4. The highest BCUT2D eigenvalue weighted by molar-refractivity contribution is 6.35. The van der Waals surface area contributed by atoms with Crippen molar-refractivity contribution in [2.75, 3.05) is 0 Å². The van der Waals surface area contributed by atoms with Gasteiger partial charge in [0.1, 0.15) is 0 Å². The monoisotopic (exact) mass is 327 g/mol. The Morgan fingerprint density at radius 1 is 1.12 bits per heavy atom. The molecule has 2 rings (SSSR count). The van der Waals surface area contributed by atoms with Crippen molar-refractivity contribution < 1.29 is 14.5 Å². The van der Waals surface area contributed by atoms with Crippen molar-refractivity contribution >= 4 is 23.7 Å². The van der Waals surface area contributed by atoms with Gasteiger partial charge in [0.25, 0.3) is 5.69 Å². The van der Waals surface area contributed by atoms with Crippen LogP contribution in [0.4, 0.5) is 5.69 Å². The van der Waals surface area contributed by atoms with E-state index in [1.54, 1.807) is 24.5 Å². The zero-order chi connectivity index (χ0) is 17.4. The number of amides is 2. The van der Waals surface area contributed by atoms with Crippen LogP contribution < -0.4 is 10.7 Å². The third-order valence-electron chi connectivity index (χ3n) is 2.89. The number of benzene rings is 1. The van der Waals surface area contributed by atoms with Gasteiger partial charge in [-0.1, -0.05) is 0 Å². The first-order valence-corrected chi connectivity index (χ1v) is 6.81. The summed E-state index contributed by atoms with van der Waals surface area (Å²) in [6.07, 6.45) is 4.43. The Morgan fingerprint density at radius 2 is 1.79 bits per heavy atom. The van der Waals surface area contributed by atoms with Gasteiger partial charge in [0.15, 0.2) is 0 Å². The molecule has 0 aliphatic heterocycles. The maximum Gasteiger partial charge on any atom is 0.329 e. The first-order chi connectivity index (χ1) is 11.6. The molecule has 0 fully saturated rings. The second kappa shape index (κ2) is 8.13. The molecular weight excluding hydrogens is 314 g/mol. The van der Waals surface area contributed by atoms with E-state index in [0.29, 0.717) is 5.56 Å². The molecule has 1 aromatic heterocycles. The van der Waals surface area contributed by atoms with Crippen LogP contribution in [0.1, 0.15) is 11.1 Å². The number of hydrogen-bond acceptors (Lipinski definition) is 6. The summed E-state index contributed by atoms with van der Waals surface area (Å²) in [4.78, 5) is 37.0. The van der Waals surface area contributed by atoms with E-state index in [0.717, 1.165) is 5.56 Å². The molecule has 0 unspecified atom stereocenters. The highest BCUT2D eigenvalue weighted by Crippen LogP contribution is 2.10. The van der Waals surface area contributed by atoms with Gasteiger partial charge < -0.3 is 5.32 Å². The van der Waals surface area contributed by atoms with Crippen molar-refractivity contribution in [2.45, 2.75) is 6.54 Å². The first kappa shape index (κ1) is 16.7. The van der Waals surface area contributed by atoms with Crippen LogP contribution in [0.5, 0.6) is 0 Å². The Morgan fingerprint density at radius 3 is 2.42 bits per heavy atom. The average Bonchev–Trinajstić information content (AvgIpc) is 2.61. The van der Waals surface area contributed by atoms with Gasteiger partial charge in [-0.15, -0.1) is 0 Å². The number of nitro groups is 1. The van der Waals surface area contributed by atoms with Gasteiger partial charge in [0, 0.05) is 31.1 Å². The smallest absolute Gasteiger partial charge is 0.329 e. The summed E-state index contributed by atoms with van der Waals surface area (Å²) in [6.45, 7) is 0.195. The minimum absolute atomic E-state index is 0.0494. The predicted octanol–water partition coefficient (Wildman–Crippen LogP) is 0.756. The minimum atomic E-state index is -0.915. The van der Waals surface area contributed by atoms with E-state index in [9.17, 15) is 19.7 Å². The number of hydrazone groups is 1. The molecule has 0 spiro atoms. The summed E-state index contributed by atoms with van der Waals surface area (Å²) in [5.74, 6) is -1.74. The topological polar surface area (TPSA) is 127 Å². The number of rotatable bonds is 5. The van der Waals surface area contributed by atoms with Crippen LogP contribution in [-0.2, 0) is 16.1 Å². The quantitative estimate of drug-likeness (QED) is 0.363. The SMILES string of the molecule is O=C(NCc1ccncc1)C(=O)N/N=C/c1ccc([N+](=O)[O-])cc1. The van der Waals surface area contributed by atoms with E-state index in [-0.39, 0.29) is 12.2 Å². The van der Waals surface area contributed by atoms with E-state index < -0.39 is 16.7 Å². The molecule has 9 heteroatoms. The van der Waals surface area contributed by atoms with Crippen molar-refractivity contribution in [1.29, 1.82) is 0 Å². The lowest BCUT2D eigenvalue weighted by molar-refractivity contribution is -0.384. The average molecular weight is 327 g/mol. The number of non-ortho nitro benzene ring substituents is 1. The molecule has 0 radical (unpaired) electrons. The summed E-state index contributed by atoms with van der Waals surface area (Å²) in [5.41, 5.74) is 3.37.